The molecular formula is C20H13BrN2O3S. The number of carbonyl (C=O) groups is 1. The molecule has 0 unspecified atom stereocenters. The van der Waals surface area contributed by atoms with Crippen molar-refractivity contribution in [3.63, 3.8) is 0 Å². The monoisotopic (exact) mass is 440 g/mol. The molecule has 2 aromatic heterocycles. The van der Waals surface area contributed by atoms with Crippen LogP contribution in [0, 0.1) is 6.92 Å². The number of hydrogen-bond acceptors (Lipinski definition) is 5. The smallest absolute Gasteiger partial charge is 0.261 e. The molecule has 4 aromatic rings. The number of rotatable bonds is 3. The third-order valence-electron chi connectivity index (χ3n) is 3.95. The first kappa shape index (κ1) is 17.6. The van der Waals surface area contributed by atoms with Crippen LogP contribution in [0.3, 0.4) is 0 Å². The Hall–Kier alpha value is -2.77. The van der Waals surface area contributed by atoms with Gasteiger partial charge in [-0.15, -0.1) is 11.3 Å². The van der Waals surface area contributed by atoms with E-state index in [0.717, 1.165) is 14.9 Å². The average Bonchev–Trinajstić information content (AvgIpc) is 3.06. The lowest BCUT2D eigenvalue weighted by Gasteiger charge is -2.08. The molecule has 2 aromatic carbocycles. The van der Waals surface area contributed by atoms with E-state index < -0.39 is 0 Å². The summed E-state index contributed by atoms with van der Waals surface area (Å²) in [4.78, 5) is 30.5. The number of carbonyl (C=O) groups excluding carboxylic acids is 1. The van der Waals surface area contributed by atoms with Gasteiger partial charge < -0.3 is 4.42 Å². The number of para-hydroxylation sites is 1. The first-order valence-electron chi connectivity index (χ1n) is 8.08. The quantitative estimate of drug-likeness (QED) is 0.472. The summed E-state index contributed by atoms with van der Waals surface area (Å²) < 4.78 is 6.85. The van der Waals surface area contributed by atoms with Crippen LogP contribution in [0.1, 0.15) is 15.2 Å². The Kier molecular flexibility index (Phi) is 4.63. The third-order valence-corrected chi connectivity index (χ3v) is 5.27. The van der Waals surface area contributed by atoms with Crippen LogP contribution in [0.4, 0.5) is 5.13 Å². The summed E-state index contributed by atoms with van der Waals surface area (Å²) in [5.41, 5.74) is 1.08. The maximum Gasteiger partial charge on any atom is 0.261 e. The normalized spacial score (nSPS) is 10.9. The number of fused-ring (bicyclic) bond motifs is 1. The summed E-state index contributed by atoms with van der Waals surface area (Å²) in [6, 6.07) is 13.8. The highest BCUT2D eigenvalue weighted by Crippen LogP contribution is 2.27. The van der Waals surface area contributed by atoms with Gasteiger partial charge in [0.05, 0.1) is 10.9 Å². The van der Waals surface area contributed by atoms with Gasteiger partial charge in [0.25, 0.3) is 5.91 Å². The third kappa shape index (κ3) is 3.56. The molecule has 0 saturated heterocycles. The second-order valence-corrected chi connectivity index (χ2v) is 8.05. The van der Waals surface area contributed by atoms with Crippen molar-refractivity contribution in [2.75, 3.05) is 5.32 Å². The molecule has 0 saturated carbocycles. The molecule has 0 aliphatic heterocycles. The lowest BCUT2D eigenvalue weighted by atomic mass is 10.1. The molecule has 27 heavy (non-hydrogen) atoms. The van der Waals surface area contributed by atoms with Gasteiger partial charge >= 0.3 is 0 Å². The van der Waals surface area contributed by atoms with Crippen LogP contribution in [0.5, 0.6) is 0 Å². The molecule has 2 heterocycles. The maximum atomic E-state index is 12.7. The van der Waals surface area contributed by atoms with E-state index in [2.05, 4.69) is 26.2 Å². The summed E-state index contributed by atoms with van der Waals surface area (Å²) in [5, 5.41) is 3.62. The predicted octanol–water partition coefficient (Wildman–Crippen LogP) is 5.24. The van der Waals surface area contributed by atoms with E-state index in [9.17, 15) is 9.59 Å². The molecule has 7 heteroatoms. The van der Waals surface area contributed by atoms with E-state index >= 15 is 0 Å². The van der Waals surface area contributed by atoms with Crippen molar-refractivity contribution in [2.45, 2.75) is 6.92 Å². The number of hydrogen-bond donors (Lipinski definition) is 1. The fourth-order valence-electron chi connectivity index (χ4n) is 2.72. The van der Waals surface area contributed by atoms with Gasteiger partial charge in [-0.25, -0.2) is 4.98 Å². The summed E-state index contributed by atoms with van der Waals surface area (Å²) in [6.07, 6.45) is 1.69. The van der Waals surface area contributed by atoms with Gasteiger partial charge in [0.15, 0.2) is 16.1 Å². The van der Waals surface area contributed by atoms with Crippen molar-refractivity contribution >= 4 is 49.3 Å². The van der Waals surface area contributed by atoms with Gasteiger partial charge in [-0.3, -0.25) is 14.9 Å². The lowest BCUT2D eigenvalue weighted by Crippen LogP contribution is -2.13. The number of aromatic nitrogens is 1. The van der Waals surface area contributed by atoms with E-state index in [-0.39, 0.29) is 22.5 Å². The van der Waals surface area contributed by atoms with Gasteiger partial charge in [-0.1, -0.05) is 34.1 Å². The van der Waals surface area contributed by atoms with Crippen LogP contribution in [0.2, 0.25) is 0 Å². The van der Waals surface area contributed by atoms with Crippen molar-refractivity contribution in [1.29, 1.82) is 0 Å². The van der Waals surface area contributed by atoms with E-state index in [1.807, 2.05) is 31.2 Å². The maximum absolute atomic E-state index is 12.7. The largest absolute Gasteiger partial charge is 0.455 e. The Bertz CT molecular complexity index is 1230. The van der Waals surface area contributed by atoms with E-state index in [4.69, 9.17) is 4.42 Å². The fraction of sp³-hybridized carbons (Fsp3) is 0.0500. The highest BCUT2D eigenvalue weighted by molar-refractivity contribution is 9.10. The van der Waals surface area contributed by atoms with Crippen LogP contribution >= 0.6 is 27.3 Å². The summed E-state index contributed by atoms with van der Waals surface area (Å²) in [6.45, 7) is 1.91. The number of anilines is 1. The molecule has 0 aliphatic rings. The van der Waals surface area contributed by atoms with E-state index in [0.29, 0.717) is 16.3 Å². The zero-order chi connectivity index (χ0) is 19.0. The zero-order valence-corrected chi connectivity index (χ0v) is 16.6. The molecule has 0 bridgehead atoms. The van der Waals surface area contributed by atoms with Crippen LogP contribution in [-0.2, 0) is 0 Å². The number of amides is 1. The minimum Gasteiger partial charge on any atom is -0.455 e. The molecular weight excluding hydrogens is 428 g/mol. The Morgan fingerprint density at radius 1 is 1.19 bits per heavy atom. The summed E-state index contributed by atoms with van der Waals surface area (Å²) in [7, 11) is 0. The van der Waals surface area contributed by atoms with E-state index in [1.165, 1.54) is 17.4 Å². The Balaban J connectivity index is 1.83. The lowest BCUT2D eigenvalue weighted by molar-refractivity contribution is 0.102. The summed E-state index contributed by atoms with van der Waals surface area (Å²) >= 11 is 4.80. The van der Waals surface area contributed by atoms with Crippen molar-refractivity contribution in [1.82, 2.24) is 4.98 Å². The zero-order valence-electron chi connectivity index (χ0n) is 14.2. The number of halogens is 1. The SMILES string of the molecule is Cc1cnc(NC(=O)c2cccc3c(=O)cc(-c4cccc(Br)c4)oc23)s1. The molecule has 0 atom stereocenters. The minimum atomic E-state index is -0.371. The van der Waals surface area contributed by atoms with Gasteiger partial charge in [0.2, 0.25) is 0 Å². The molecule has 1 N–H and O–H groups in total. The van der Waals surface area contributed by atoms with Gasteiger partial charge in [0, 0.05) is 27.2 Å². The van der Waals surface area contributed by atoms with Crippen molar-refractivity contribution in [3.05, 3.63) is 79.9 Å². The number of nitrogens with zero attached hydrogens (tertiary/aromatic N) is 1. The molecule has 5 nitrogen and oxygen atoms in total. The Morgan fingerprint density at radius 3 is 2.74 bits per heavy atom. The second-order valence-electron chi connectivity index (χ2n) is 5.90. The van der Waals surface area contributed by atoms with Crippen molar-refractivity contribution in [2.24, 2.45) is 0 Å². The summed E-state index contributed by atoms with van der Waals surface area (Å²) in [5.74, 6) is 0.0311. The predicted molar refractivity (Wildman–Crippen MR) is 110 cm³/mol. The number of aryl methyl sites for hydroxylation is 1. The Morgan fingerprint density at radius 2 is 2.00 bits per heavy atom. The van der Waals surface area contributed by atoms with E-state index in [1.54, 1.807) is 24.4 Å². The minimum absolute atomic E-state index is 0.203. The molecule has 0 radical (unpaired) electrons. The van der Waals surface area contributed by atoms with Crippen LogP contribution in [0.15, 0.2) is 68.4 Å². The number of thiazole rings is 1. The highest BCUT2D eigenvalue weighted by Gasteiger charge is 2.16. The van der Waals surface area contributed by atoms with Crippen LogP contribution < -0.4 is 10.7 Å². The van der Waals surface area contributed by atoms with Gasteiger partial charge in [0.1, 0.15) is 5.76 Å². The highest BCUT2D eigenvalue weighted by atomic mass is 79.9. The van der Waals surface area contributed by atoms with Gasteiger partial charge in [-0.05, 0) is 31.2 Å². The first-order chi connectivity index (χ1) is 13.0. The van der Waals surface area contributed by atoms with Crippen molar-refractivity contribution < 1.29 is 9.21 Å². The molecule has 1 amide bonds. The van der Waals surface area contributed by atoms with Crippen LogP contribution in [0.25, 0.3) is 22.3 Å². The first-order valence-corrected chi connectivity index (χ1v) is 9.69. The molecule has 0 fully saturated rings. The van der Waals surface area contributed by atoms with Crippen LogP contribution in [-0.4, -0.2) is 10.9 Å². The molecule has 0 spiro atoms. The number of benzene rings is 2. The number of nitrogens with one attached hydrogen (secondary N) is 1. The topological polar surface area (TPSA) is 72.2 Å². The van der Waals surface area contributed by atoms with Gasteiger partial charge in [-0.2, -0.15) is 0 Å². The standard InChI is InChI=1S/C20H13BrN2O3S/c1-11-10-22-20(27-11)23-19(25)15-7-3-6-14-16(24)9-17(26-18(14)15)12-4-2-5-13(21)8-12/h2-10H,1H3,(H,22,23,25). The second kappa shape index (κ2) is 7.09. The molecule has 134 valence electrons. The van der Waals surface area contributed by atoms with Crippen molar-refractivity contribution in [3.8, 4) is 11.3 Å². The Labute approximate surface area is 166 Å². The molecule has 0 aliphatic carbocycles. The fourth-order valence-corrected chi connectivity index (χ4v) is 3.78. The average molecular weight is 441 g/mol. The molecule has 4 rings (SSSR count).